The molecule has 0 saturated carbocycles. The van der Waals surface area contributed by atoms with E-state index in [1.54, 1.807) is 36.2 Å². The van der Waals surface area contributed by atoms with Gasteiger partial charge in [0, 0.05) is 43.1 Å². The number of Topliss-reactive ketones (excluding diaryl/α,β-unsaturated/α-hetero) is 2. The minimum Gasteiger partial charge on any atom is -0.381 e. The van der Waals surface area contributed by atoms with Crippen LogP contribution < -0.4 is 0 Å². The molecule has 2 heterocycles. The van der Waals surface area contributed by atoms with Gasteiger partial charge in [0.25, 0.3) is 0 Å². The lowest BCUT2D eigenvalue weighted by Crippen LogP contribution is -2.22. The molecule has 1 aliphatic heterocycles. The Kier molecular flexibility index (Phi) is 7.80. The highest BCUT2D eigenvalue weighted by atomic mass is 32.2. The van der Waals surface area contributed by atoms with Crippen LogP contribution in [0.4, 0.5) is 0 Å². The Morgan fingerprint density at radius 1 is 1.11 bits per heavy atom. The smallest absolute Gasteiger partial charge is 0.181 e. The number of carbonyl (C=O) groups is 2. The van der Waals surface area contributed by atoms with E-state index in [9.17, 15) is 9.59 Å². The number of nitrogens with zero attached hydrogens (tertiary/aromatic N) is 1. The van der Waals surface area contributed by atoms with Gasteiger partial charge in [0.05, 0.1) is 0 Å². The van der Waals surface area contributed by atoms with Crippen molar-refractivity contribution in [3.63, 3.8) is 0 Å². The number of hydrogen-bond donors (Lipinski definition) is 0. The molecule has 28 heavy (non-hydrogen) atoms. The van der Waals surface area contributed by atoms with Gasteiger partial charge in [-0.15, -0.1) is 11.8 Å². The molecule has 0 aliphatic carbocycles. The average Bonchev–Trinajstić information content (AvgIpc) is 2.77. The van der Waals surface area contributed by atoms with Gasteiger partial charge >= 0.3 is 0 Å². The SMILES string of the molecule is CSc1ccc(C(CC2CCOCC2)C(=O)CCC(=O)c2ccccn2)cc1. The molecule has 0 bridgehead atoms. The molecule has 1 atom stereocenters. The maximum absolute atomic E-state index is 13.1. The van der Waals surface area contributed by atoms with Crippen LogP contribution in [0.3, 0.4) is 0 Å². The van der Waals surface area contributed by atoms with Gasteiger partial charge in [-0.1, -0.05) is 18.2 Å². The molecule has 2 aromatic rings. The molecule has 5 heteroatoms. The first-order valence-corrected chi connectivity index (χ1v) is 11.1. The highest BCUT2D eigenvalue weighted by Crippen LogP contribution is 2.32. The van der Waals surface area contributed by atoms with Crippen LogP contribution >= 0.6 is 11.8 Å². The summed E-state index contributed by atoms with van der Waals surface area (Å²) >= 11 is 1.69. The van der Waals surface area contributed by atoms with Crippen molar-refractivity contribution in [2.45, 2.75) is 42.9 Å². The Morgan fingerprint density at radius 2 is 1.86 bits per heavy atom. The van der Waals surface area contributed by atoms with Crippen LogP contribution in [0.5, 0.6) is 0 Å². The standard InChI is InChI=1S/C23H27NO3S/c1-28-19-7-5-18(6-8-19)20(16-17-11-14-27-15-12-17)22(25)9-10-23(26)21-4-2-3-13-24-21/h2-8,13,17,20H,9-12,14-16H2,1H3. The zero-order chi connectivity index (χ0) is 19.8. The van der Waals surface area contributed by atoms with E-state index in [0.717, 1.165) is 38.0 Å². The van der Waals surface area contributed by atoms with Crippen molar-refractivity contribution in [3.8, 4) is 0 Å². The second-order valence-corrected chi connectivity index (χ2v) is 8.10. The zero-order valence-electron chi connectivity index (χ0n) is 16.3. The largest absolute Gasteiger partial charge is 0.381 e. The van der Waals surface area contributed by atoms with Gasteiger partial charge in [-0.2, -0.15) is 0 Å². The lowest BCUT2D eigenvalue weighted by molar-refractivity contribution is -0.121. The van der Waals surface area contributed by atoms with Crippen LogP contribution in [-0.2, 0) is 9.53 Å². The van der Waals surface area contributed by atoms with E-state index in [1.165, 1.54) is 4.90 Å². The Hall–Kier alpha value is -1.98. The maximum Gasteiger partial charge on any atom is 0.181 e. The molecule has 148 valence electrons. The Bertz CT molecular complexity index is 770. The molecule has 1 unspecified atom stereocenters. The predicted octanol–water partition coefficient (Wildman–Crippen LogP) is 4.94. The summed E-state index contributed by atoms with van der Waals surface area (Å²) in [5.41, 5.74) is 1.49. The minimum atomic E-state index is -0.157. The van der Waals surface area contributed by atoms with E-state index in [-0.39, 0.29) is 30.3 Å². The highest BCUT2D eigenvalue weighted by molar-refractivity contribution is 7.98. The van der Waals surface area contributed by atoms with Gasteiger partial charge in [-0.3, -0.25) is 14.6 Å². The fraction of sp³-hybridized carbons (Fsp3) is 0.435. The third kappa shape index (κ3) is 5.76. The van der Waals surface area contributed by atoms with Crippen molar-refractivity contribution in [1.82, 2.24) is 4.98 Å². The summed E-state index contributed by atoms with van der Waals surface area (Å²) in [5, 5.41) is 0. The number of ether oxygens (including phenoxy) is 1. The molecule has 0 amide bonds. The van der Waals surface area contributed by atoms with E-state index in [4.69, 9.17) is 4.74 Å². The second-order valence-electron chi connectivity index (χ2n) is 7.22. The average molecular weight is 398 g/mol. The van der Waals surface area contributed by atoms with Gasteiger partial charge in [0.1, 0.15) is 11.5 Å². The van der Waals surface area contributed by atoms with Crippen molar-refractivity contribution >= 4 is 23.3 Å². The number of benzene rings is 1. The van der Waals surface area contributed by atoms with Gasteiger partial charge < -0.3 is 4.74 Å². The van der Waals surface area contributed by atoms with Crippen LogP contribution in [0.15, 0.2) is 53.6 Å². The van der Waals surface area contributed by atoms with Crippen LogP contribution in [0.2, 0.25) is 0 Å². The predicted molar refractivity (Wildman–Crippen MR) is 112 cm³/mol. The fourth-order valence-electron chi connectivity index (χ4n) is 3.67. The van der Waals surface area contributed by atoms with Crippen LogP contribution in [-0.4, -0.2) is 36.0 Å². The summed E-state index contributed by atoms with van der Waals surface area (Å²) in [5.74, 6) is 0.411. The number of hydrogen-bond acceptors (Lipinski definition) is 5. The Labute approximate surface area is 171 Å². The normalized spacial score (nSPS) is 15.9. The molecule has 1 fully saturated rings. The second kappa shape index (κ2) is 10.5. The first-order valence-electron chi connectivity index (χ1n) is 9.86. The van der Waals surface area contributed by atoms with Crippen LogP contribution in [0, 0.1) is 5.92 Å². The minimum absolute atomic E-state index is 0.0727. The Balaban J connectivity index is 1.69. The van der Waals surface area contributed by atoms with Gasteiger partial charge in [0.15, 0.2) is 5.78 Å². The van der Waals surface area contributed by atoms with Gasteiger partial charge in [-0.25, -0.2) is 0 Å². The number of pyridine rings is 1. The van der Waals surface area contributed by atoms with Gasteiger partial charge in [0.2, 0.25) is 0 Å². The van der Waals surface area contributed by atoms with Crippen LogP contribution in [0.25, 0.3) is 0 Å². The number of rotatable bonds is 9. The molecular weight excluding hydrogens is 370 g/mol. The van der Waals surface area contributed by atoms with E-state index >= 15 is 0 Å². The lowest BCUT2D eigenvalue weighted by atomic mass is 9.81. The summed E-state index contributed by atoms with van der Waals surface area (Å²) in [6, 6.07) is 13.6. The van der Waals surface area contributed by atoms with Gasteiger partial charge in [-0.05, 0) is 61.3 Å². The van der Waals surface area contributed by atoms with E-state index in [2.05, 4.69) is 29.2 Å². The molecule has 1 aromatic carbocycles. The molecule has 4 nitrogen and oxygen atoms in total. The third-order valence-corrected chi connectivity index (χ3v) is 6.11. The first-order chi connectivity index (χ1) is 13.7. The molecule has 1 aliphatic rings. The molecule has 1 saturated heterocycles. The number of thioether (sulfide) groups is 1. The number of ketones is 2. The quantitative estimate of drug-likeness (QED) is 0.443. The topological polar surface area (TPSA) is 56.3 Å². The van der Waals surface area contributed by atoms with Crippen LogP contribution in [0.1, 0.15) is 54.1 Å². The molecule has 1 aromatic heterocycles. The third-order valence-electron chi connectivity index (χ3n) is 5.37. The lowest BCUT2D eigenvalue weighted by Gasteiger charge is -2.26. The molecule has 0 spiro atoms. The summed E-state index contributed by atoms with van der Waals surface area (Å²) in [6.07, 6.45) is 6.95. The van der Waals surface area contributed by atoms with Crippen molar-refractivity contribution in [2.24, 2.45) is 5.92 Å². The molecular formula is C23H27NO3S. The van der Waals surface area contributed by atoms with E-state index in [1.807, 2.05) is 6.26 Å². The van der Waals surface area contributed by atoms with E-state index < -0.39 is 0 Å². The van der Waals surface area contributed by atoms with Crippen molar-refractivity contribution in [2.75, 3.05) is 19.5 Å². The fourth-order valence-corrected chi connectivity index (χ4v) is 4.08. The Morgan fingerprint density at radius 3 is 2.50 bits per heavy atom. The monoisotopic (exact) mass is 397 g/mol. The van der Waals surface area contributed by atoms with Crippen molar-refractivity contribution in [1.29, 1.82) is 0 Å². The summed E-state index contributed by atoms with van der Waals surface area (Å²) in [4.78, 5) is 30.7. The summed E-state index contributed by atoms with van der Waals surface area (Å²) in [6.45, 7) is 1.55. The first kappa shape index (κ1) is 20.7. The molecule has 0 radical (unpaired) electrons. The number of carbonyl (C=O) groups excluding carboxylic acids is 2. The number of aromatic nitrogens is 1. The summed E-state index contributed by atoms with van der Waals surface area (Å²) < 4.78 is 5.47. The molecule has 3 rings (SSSR count). The molecule has 0 N–H and O–H groups in total. The van der Waals surface area contributed by atoms with Crippen molar-refractivity contribution < 1.29 is 14.3 Å². The summed E-state index contributed by atoms with van der Waals surface area (Å²) in [7, 11) is 0. The van der Waals surface area contributed by atoms with E-state index in [0.29, 0.717) is 11.6 Å². The maximum atomic E-state index is 13.1. The highest BCUT2D eigenvalue weighted by Gasteiger charge is 2.26. The van der Waals surface area contributed by atoms with Crippen molar-refractivity contribution in [3.05, 3.63) is 59.9 Å². The zero-order valence-corrected chi connectivity index (χ0v) is 17.1.